The molecule has 28 heavy (non-hydrogen) atoms. The van der Waals surface area contributed by atoms with Gasteiger partial charge in [0.05, 0.1) is 11.5 Å². The summed E-state index contributed by atoms with van der Waals surface area (Å²) >= 11 is 0. The van der Waals surface area contributed by atoms with Gasteiger partial charge in [0.2, 0.25) is 0 Å². The number of anilines is 1. The molecule has 142 valence electrons. The Balaban J connectivity index is 1.66. The fourth-order valence-corrected chi connectivity index (χ4v) is 2.54. The van der Waals surface area contributed by atoms with Gasteiger partial charge in [-0.25, -0.2) is 0 Å². The highest BCUT2D eigenvalue weighted by atomic mass is 16.6. The van der Waals surface area contributed by atoms with Crippen molar-refractivity contribution in [3.8, 4) is 17.2 Å². The molecule has 7 nitrogen and oxygen atoms in total. The first-order valence-electron chi connectivity index (χ1n) is 8.62. The van der Waals surface area contributed by atoms with Crippen LogP contribution in [0.25, 0.3) is 0 Å². The summed E-state index contributed by atoms with van der Waals surface area (Å²) in [7, 11) is 0. The van der Waals surface area contributed by atoms with Crippen LogP contribution in [0, 0.1) is 10.1 Å². The highest BCUT2D eigenvalue weighted by Crippen LogP contribution is 2.26. The maximum Gasteiger partial charge on any atom is 0.282 e. The fraction of sp³-hybridized carbons (Fsp3) is 0.0952. The zero-order valence-electron chi connectivity index (χ0n) is 15.1. The number of nitro benzene ring substituents is 1. The number of amides is 1. The SMILES string of the molecule is CCOc1ccc(Oc2ccc(NC(=O)c3ccccc3[N+](=O)[O-])cc2)cc1. The third-order valence-electron chi connectivity index (χ3n) is 3.83. The molecule has 0 fully saturated rings. The monoisotopic (exact) mass is 378 g/mol. The Bertz CT molecular complexity index is 969. The van der Waals surface area contributed by atoms with Crippen molar-refractivity contribution >= 4 is 17.3 Å². The summed E-state index contributed by atoms with van der Waals surface area (Å²) in [6.07, 6.45) is 0. The standard InChI is InChI=1S/C21H18N2O5/c1-2-27-16-11-13-18(14-12-16)28-17-9-7-15(8-10-17)22-21(24)19-5-3-4-6-20(19)23(25)26/h3-14H,2H2,1H3,(H,22,24). The maximum absolute atomic E-state index is 12.3. The first-order valence-corrected chi connectivity index (χ1v) is 8.62. The van der Waals surface area contributed by atoms with E-state index in [2.05, 4.69) is 5.32 Å². The topological polar surface area (TPSA) is 90.7 Å². The number of hydrogen-bond acceptors (Lipinski definition) is 5. The molecule has 3 rings (SSSR count). The number of para-hydroxylation sites is 1. The smallest absolute Gasteiger partial charge is 0.282 e. The maximum atomic E-state index is 12.3. The summed E-state index contributed by atoms with van der Waals surface area (Å²) in [5.74, 6) is 1.46. The summed E-state index contributed by atoms with van der Waals surface area (Å²) in [5.41, 5.74) is 0.264. The minimum Gasteiger partial charge on any atom is -0.494 e. The van der Waals surface area contributed by atoms with Crippen LogP contribution in [0.3, 0.4) is 0 Å². The summed E-state index contributed by atoms with van der Waals surface area (Å²) in [5, 5.41) is 13.7. The fourth-order valence-electron chi connectivity index (χ4n) is 2.54. The Labute approximate surface area is 161 Å². The van der Waals surface area contributed by atoms with Gasteiger partial charge in [0.1, 0.15) is 22.8 Å². The Morgan fingerprint density at radius 1 is 0.929 bits per heavy atom. The highest BCUT2D eigenvalue weighted by molar-refractivity contribution is 6.07. The van der Waals surface area contributed by atoms with E-state index in [1.807, 2.05) is 19.1 Å². The number of rotatable bonds is 7. The van der Waals surface area contributed by atoms with Crippen molar-refractivity contribution in [2.75, 3.05) is 11.9 Å². The molecule has 0 spiro atoms. The molecule has 0 aliphatic rings. The van der Waals surface area contributed by atoms with E-state index in [1.54, 1.807) is 42.5 Å². The molecular formula is C21H18N2O5. The molecule has 0 aromatic heterocycles. The van der Waals surface area contributed by atoms with Crippen LogP contribution in [0.15, 0.2) is 72.8 Å². The quantitative estimate of drug-likeness (QED) is 0.459. The molecule has 0 aliphatic carbocycles. The molecule has 1 amide bonds. The van der Waals surface area contributed by atoms with Crippen LogP contribution in [0.2, 0.25) is 0 Å². The summed E-state index contributed by atoms with van der Waals surface area (Å²) < 4.78 is 11.1. The molecule has 3 aromatic rings. The van der Waals surface area contributed by atoms with Gasteiger partial charge >= 0.3 is 0 Å². The first kappa shape index (κ1) is 18.9. The number of nitro groups is 1. The van der Waals surface area contributed by atoms with Gasteiger partial charge in [0.25, 0.3) is 11.6 Å². The third-order valence-corrected chi connectivity index (χ3v) is 3.83. The number of hydrogen-bond donors (Lipinski definition) is 1. The van der Waals surface area contributed by atoms with Crippen LogP contribution in [0.4, 0.5) is 11.4 Å². The van der Waals surface area contributed by atoms with E-state index in [4.69, 9.17) is 9.47 Å². The molecule has 0 radical (unpaired) electrons. The van der Waals surface area contributed by atoms with Crippen LogP contribution in [0.1, 0.15) is 17.3 Å². The minimum absolute atomic E-state index is 0.00205. The predicted molar refractivity (Wildman–Crippen MR) is 105 cm³/mol. The molecule has 0 heterocycles. The number of benzene rings is 3. The lowest BCUT2D eigenvalue weighted by Gasteiger charge is -2.09. The highest BCUT2D eigenvalue weighted by Gasteiger charge is 2.19. The lowest BCUT2D eigenvalue weighted by molar-refractivity contribution is -0.385. The van der Waals surface area contributed by atoms with Gasteiger partial charge in [-0.05, 0) is 61.5 Å². The molecule has 3 aromatic carbocycles. The van der Waals surface area contributed by atoms with Crippen LogP contribution in [0.5, 0.6) is 17.2 Å². The van der Waals surface area contributed by atoms with E-state index in [-0.39, 0.29) is 11.3 Å². The summed E-state index contributed by atoms with van der Waals surface area (Å²) in [6.45, 7) is 2.51. The Kier molecular flexibility index (Phi) is 5.86. The van der Waals surface area contributed by atoms with Crippen molar-refractivity contribution in [1.82, 2.24) is 0 Å². The van der Waals surface area contributed by atoms with E-state index in [0.717, 1.165) is 5.75 Å². The van der Waals surface area contributed by atoms with Crippen LogP contribution in [-0.2, 0) is 0 Å². The van der Waals surface area contributed by atoms with Gasteiger partial charge in [-0.15, -0.1) is 0 Å². The molecule has 0 unspecified atom stereocenters. The van der Waals surface area contributed by atoms with Gasteiger partial charge in [0, 0.05) is 11.8 Å². The van der Waals surface area contributed by atoms with E-state index in [1.165, 1.54) is 18.2 Å². The van der Waals surface area contributed by atoms with Crippen LogP contribution >= 0.6 is 0 Å². The van der Waals surface area contributed by atoms with Crippen molar-refractivity contribution in [2.45, 2.75) is 6.92 Å². The number of carbonyl (C=O) groups is 1. The second-order valence-corrected chi connectivity index (χ2v) is 5.76. The minimum atomic E-state index is -0.581. The molecule has 0 saturated carbocycles. The zero-order chi connectivity index (χ0) is 19.9. The van der Waals surface area contributed by atoms with Crippen molar-refractivity contribution < 1.29 is 19.2 Å². The second-order valence-electron chi connectivity index (χ2n) is 5.76. The summed E-state index contributed by atoms with van der Waals surface area (Å²) in [6, 6.07) is 19.8. The van der Waals surface area contributed by atoms with E-state index in [9.17, 15) is 14.9 Å². The van der Waals surface area contributed by atoms with Crippen molar-refractivity contribution in [2.24, 2.45) is 0 Å². The van der Waals surface area contributed by atoms with Gasteiger partial charge in [-0.2, -0.15) is 0 Å². The molecular weight excluding hydrogens is 360 g/mol. The Morgan fingerprint density at radius 3 is 2.11 bits per heavy atom. The van der Waals surface area contributed by atoms with Crippen molar-refractivity contribution in [3.05, 3.63) is 88.5 Å². The van der Waals surface area contributed by atoms with E-state index >= 15 is 0 Å². The van der Waals surface area contributed by atoms with Crippen LogP contribution < -0.4 is 14.8 Å². The molecule has 0 saturated heterocycles. The predicted octanol–water partition coefficient (Wildman–Crippen LogP) is 5.04. The normalized spacial score (nSPS) is 10.2. The van der Waals surface area contributed by atoms with Crippen molar-refractivity contribution in [1.29, 1.82) is 0 Å². The zero-order valence-corrected chi connectivity index (χ0v) is 15.1. The van der Waals surface area contributed by atoms with Gasteiger partial charge in [-0.3, -0.25) is 14.9 Å². The number of ether oxygens (including phenoxy) is 2. The summed E-state index contributed by atoms with van der Waals surface area (Å²) in [4.78, 5) is 22.8. The largest absolute Gasteiger partial charge is 0.494 e. The van der Waals surface area contributed by atoms with Crippen LogP contribution in [-0.4, -0.2) is 17.4 Å². The lowest BCUT2D eigenvalue weighted by atomic mass is 10.1. The molecule has 0 bridgehead atoms. The number of carbonyl (C=O) groups excluding carboxylic acids is 1. The van der Waals surface area contributed by atoms with E-state index < -0.39 is 10.8 Å². The third kappa shape index (κ3) is 4.64. The molecule has 0 atom stereocenters. The Morgan fingerprint density at radius 2 is 1.50 bits per heavy atom. The van der Waals surface area contributed by atoms with Gasteiger partial charge in [-0.1, -0.05) is 12.1 Å². The molecule has 7 heteroatoms. The van der Waals surface area contributed by atoms with Crippen molar-refractivity contribution in [3.63, 3.8) is 0 Å². The van der Waals surface area contributed by atoms with Gasteiger partial charge < -0.3 is 14.8 Å². The first-order chi connectivity index (χ1) is 13.6. The average Bonchev–Trinajstić information content (AvgIpc) is 2.71. The lowest BCUT2D eigenvalue weighted by Crippen LogP contribution is -2.13. The molecule has 1 N–H and O–H groups in total. The average molecular weight is 378 g/mol. The molecule has 0 aliphatic heterocycles. The van der Waals surface area contributed by atoms with Gasteiger partial charge in [0.15, 0.2) is 0 Å². The number of nitrogens with one attached hydrogen (secondary N) is 1. The Hall–Kier alpha value is -3.87. The number of nitrogens with zero attached hydrogens (tertiary/aromatic N) is 1. The van der Waals surface area contributed by atoms with E-state index in [0.29, 0.717) is 23.8 Å². The second kappa shape index (κ2) is 8.68.